The van der Waals surface area contributed by atoms with E-state index in [1.54, 1.807) is 10.9 Å². The van der Waals surface area contributed by atoms with Crippen LogP contribution in [-0.2, 0) is 5.41 Å². The van der Waals surface area contributed by atoms with Crippen LogP contribution in [0.15, 0.2) is 24.4 Å². The van der Waals surface area contributed by atoms with Gasteiger partial charge in [-0.2, -0.15) is 9.89 Å². The van der Waals surface area contributed by atoms with E-state index in [0.717, 1.165) is 11.4 Å². The molecule has 1 atom stereocenters. The molecule has 0 aliphatic carbocycles. The summed E-state index contributed by atoms with van der Waals surface area (Å²) in [5.74, 6) is 0. The third-order valence-electron chi connectivity index (χ3n) is 3.36. The van der Waals surface area contributed by atoms with Crippen LogP contribution in [0.2, 0.25) is 0 Å². The molecule has 0 aliphatic rings. The van der Waals surface area contributed by atoms with Gasteiger partial charge in [0.25, 0.3) is 6.43 Å². The topological polar surface area (TPSA) is 22.8 Å². The lowest BCUT2D eigenvalue weighted by molar-refractivity contribution is 0.0410. The molecule has 0 aromatic carbocycles. The number of hydrogen-bond acceptors (Lipinski definition) is 1. The van der Waals surface area contributed by atoms with Crippen molar-refractivity contribution in [2.24, 2.45) is 0 Å². The number of alkyl halides is 3. The molecule has 0 aliphatic heterocycles. The summed E-state index contributed by atoms with van der Waals surface area (Å²) in [5, 5.41) is 4.10. The molecule has 3 nitrogen and oxygen atoms in total. The van der Waals surface area contributed by atoms with E-state index < -0.39 is 18.5 Å². The Morgan fingerprint density at radius 1 is 1.21 bits per heavy atom. The van der Waals surface area contributed by atoms with E-state index in [4.69, 9.17) is 0 Å². The fourth-order valence-electron chi connectivity index (χ4n) is 1.95. The summed E-state index contributed by atoms with van der Waals surface area (Å²) in [7, 11) is 0. The normalized spacial score (nSPS) is 14.9. The number of aromatic nitrogens is 3. The first kappa shape index (κ1) is 13.7. The predicted molar refractivity (Wildman–Crippen MR) is 66.3 cm³/mol. The highest BCUT2D eigenvalue weighted by Crippen LogP contribution is 2.30. The fraction of sp³-hybridized carbons (Fsp3) is 0.462. The second kappa shape index (κ2) is 4.75. The zero-order valence-electron chi connectivity index (χ0n) is 11.1. The molecular weight excluding hydrogens is 255 g/mol. The van der Waals surface area contributed by atoms with Crippen LogP contribution in [0.1, 0.15) is 24.0 Å². The average molecular weight is 271 g/mol. The lowest BCUT2D eigenvalue weighted by atomic mass is 9.89. The van der Waals surface area contributed by atoms with Crippen molar-refractivity contribution in [1.29, 1.82) is 0 Å². The summed E-state index contributed by atoms with van der Waals surface area (Å²) in [6, 6.07) is 5.24. The van der Waals surface area contributed by atoms with Crippen molar-refractivity contribution in [3.63, 3.8) is 0 Å². The Labute approximate surface area is 109 Å². The van der Waals surface area contributed by atoms with Crippen molar-refractivity contribution in [3.8, 4) is 0 Å². The van der Waals surface area contributed by atoms with Gasteiger partial charge >= 0.3 is 0 Å². The maximum atomic E-state index is 13.0. The Bertz CT molecular complexity index is 554. The van der Waals surface area contributed by atoms with Crippen LogP contribution >= 0.6 is 0 Å². The van der Waals surface area contributed by atoms with Gasteiger partial charge in [0.05, 0.1) is 5.69 Å². The van der Waals surface area contributed by atoms with Crippen LogP contribution in [0.5, 0.6) is 0 Å². The molecule has 0 spiro atoms. The molecule has 0 amide bonds. The summed E-state index contributed by atoms with van der Waals surface area (Å²) in [4.78, 5) is 1.45. The standard InChI is InChI=1S/C13H16F3N3/c1-9-4-5-10(2)19(9)18-7-6-11(17-18)13(3,8-14)12(15)16/h4-7,12H,8H2,1-3H3. The van der Waals surface area contributed by atoms with Crippen LogP contribution in [0.3, 0.4) is 0 Å². The first-order valence-corrected chi connectivity index (χ1v) is 5.96. The summed E-state index contributed by atoms with van der Waals surface area (Å²) < 4.78 is 40.7. The van der Waals surface area contributed by atoms with Crippen LogP contribution in [0, 0.1) is 13.8 Å². The molecule has 2 heterocycles. The summed E-state index contributed by atoms with van der Waals surface area (Å²) >= 11 is 0. The highest BCUT2D eigenvalue weighted by Gasteiger charge is 2.39. The Morgan fingerprint density at radius 3 is 2.26 bits per heavy atom. The van der Waals surface area contributed by atoms with Gasteiger partial charge in [0, 0.05) is 17.6 Å². The predicted octanol–water partition coefficient (Wildman–Crippen LogP) is 3.11. The first-order valence-electron chi connectivity index (χ1n) is 5.96. The SMILES string of the molecule is Cc1ccc(C)n1-n1ccc(C(C)(CF)C(F)F)n1. The highest BCUT2D eigenvalue weighted by atomic mass is 19.3. The Balaban J connectivity index is 2.45. The molecule has 0 saturated heterocycles. The molecule has 1 unspecified atom stereocenters. The Morgan fingerprint density at radius 2 is 1.79 bits per heavy atom. The smallest absolute Gasteiger partial charge is 0.250 e. The third-order valence-corrected chi connectivity index (χ3v) is 3.36. The lowest BCUT2D eigenvalue weighted by Gasteiger charge is -2.22. The molecule has 2 rings (SSSR count). The van der Waals surface area contributed by atoms with Crippen LogP contribution in [0.4, 0.5) is 13.2 Å². The van der Waals surface area contributed by atoms with Gasteiger partial charge in [0.2, 0.25) is 0 Å². The summed E-state index contributed by atoms with van der Waals surface area (Å²) in [5.41, 5.74) is 0.0371. The lowest BCUT2D eigenvalue weighted by Crippen LogP contribution is -2.34. The molecule has 0 radical (unpaired) electrons. The van der Waals surface area contributed by atoms with Crippen molar-refractivity contribution in [3.05, 3.63) is 41.5 Å². The van der Waals surface area contributed by atoms with Gasteiger partial charge in [-0.1, -0.05) is 0 Å². The van der Waals surface area contributed by atoms with Gasteiger partial charge in [0.15, 0.2) is 0 Å². The van der Waals surface area contributed by atoms with Crippen molar-refractivity contribution < 1.29 is 13.2 Å². The van der Waals surface area contributed by atoms with Gasteiger partial charge in [-0.05, 0) is 39.0 Å². The van der Waals surface area contributed by atoms with Crippen LogP contribution in [0.25, 0.3) is 0 Å². The van der Waals surface area contributed by atoms with E-state index in [2.05, 4.69) is 5.10 Å². The number of hydrogen-bond donors (Lipinski definition) is 0. The maximum Gasteiger partial charge on any atom is 0.252 e. The number of nitrogens with zero attached hydrogens (tertiary/aromatic N) is 3. The van der Waals surface area contributed by atoms with Crippen molar-refractivity contribution in [1.82, 2.24) is 14.6 Å². The highest BCUT2D eigenvalue weighted by molar-refractivity contribution is 5.18. The van der Waals surface area contributed by atoms with E-state index in [1.165, 1.54) is 17.8 Å². The molecule has 104 valence electrons. The van der Waals surface area contributed by atoms with Crippen molar-refractivity contribution >= 4 is 0 Å². The minimum Gasteiger partial charge on any atom is -0.250 e. The second-order valence-electron chi connectivity index (χ2n) is 4.90. The van der Waals surface area contributed by atoms with Gasteiger partial charge in [0.1, 0.15) is 12.1 Å². The molecule has 0 fully saturated rings. The van der Waals surface area contributed by atoms with E-state index in [9.17, 15) is 13.2 Å². The summed E-state index contributed by atoms with van der Waals surface area (Å²) in [6.07, 6.45) is -1.24. The zero-order valence-corrected chi connectivity index (χ0v) is 11.1. The quantitative estimate of drug-likeness (QED) is 0.837. The minimum absolute atomic E-state index is 0.0532. The van der Waals surface area contributed by atoms with Crippen molar-refractivity contribution in [2.45, 2.75) is 32.6 Å². The van der Waals surface area contributed by atoms with Gasteiger partial charge in [-0.25, -0.2) is 17.8 Å². The van der Waals surface area contributed by atoms with Crippen LogP contribution < -0.4 is 0 Å². The molecule has 2 aromatic heterocycles. The number of aryl methyl sites for hydroxylation is 2. The molecular formula is C13H16F3N3. The van der Waals surface area contributed by atoms with Gasteiger partial charge < -0.3 is 0 Å². The summed E-state index contributed by atoms with van der Waals surface area (Å²) in [6.45, 7) is 3.80. The molecule has 2 aromatic rings. The van der Waals surface area contributed by atoms with Crippen LogP contribution in [-0.4, -0.2) is 27.7 Å². The van der Waals surface area contributed by atoms with E-state index in [1.807, 2.05) is 26.0 Å². The first-order chi connectivity index (χ1) is 8.90. The monoisotopic (exact) mass is 271 g/mol. The molecule has 6 heteroatoms. The van der Waals surface area contributed by atoms with E-state index in [0.29, 0.717) is 0 Å². The third kappa shape index (κ3) is 2.15. The van der Waals surface area contributed by atoms with Gasteiger partial charge in [-0.15, -0.1) is 0 Å². The Kier molecular flexibility index (Phi) is 3.43. The minimum atomic E-state index is -2.80. The van der Waals surface area contributed by atoms with Gasteiger partial charge in [-0.3, -0.25) is 0 Å². The second-order valence-corrected chi connectivity index (χ2v) is 4.90. The Hall–Kier alpha value is -1.72. The number of rotatable bonds is 4. The maximum absolute atomic E-state index is 13.0. The molecule has 0 N–H and O–H groups in total. The fourth-order valence-corrected chi connectivity index (χ4v) is 1.95. The molecule has 0 bridgehead atoms. The molecule has 0 saturated carbocycles. The average Bonchev–Trinajstić information content (AvgIpc) is 2.95. The number of halogens is 3. The molecule has 19 heavy (non-hydrogen) atoms. The van der Waals surface area contributed by atoms with E-state index >= 15 is 0 Å². The zero-order chi connectivity index (χ0) is 14.2. The van der Waals surface area contributed by atoms with E-state index in [-0.39, 0.29) is 5.69 Å². The largest absolute Gasteiger partial charge is 0.252 e. The van der Waals surface area contributed by atoms with Crippen molar-refractivity contribution in [2.75, 3.05) is 6.67 Å².